The van der Waals surface area contributed by atoms with Crippen LogP contribution >= 0.6 is 0 Å². The van der Waals surface area contributed by atoms with Gasteiger partial charge in [-0.2, -0.15) is 0 Å². The summed E-state index contributed by atoms with van der Waals surface area (Å²) < 4.78 is 38.5. The summed E-state index contributed by atoms with van der Waals surface area (Å²) >= 11 is 0. The third-order valence-corrected chi connectivity index (χ3v) is 2.44. The molecule has 4 heteroatoms. The Balaban J connectivity index is 3.14. The van der Waals surface area contributed by atoms with E-state index < -0.39 is 17.5 Å². The van der Waals surface area contributed by atoms with Crippen LogP contribution in [0.4, 0.5) is 13.2 Å². The van der Waals surface area contributed by atoms with E-state index in [0.717, 1.165) is 12.1 Å². The molecule has 0 radical (unpaired) electrons. The molecule has 0 bridgehead atoms. The van der Waals surface area contributed by atoms with Crippen LogP contribution in [-0.4, -0.2) is 11.7 Å². The predicted molar refractivity (Wildman–Crippen MR) is 51.0 cm³/mol. The van der Waals surface area contributed by atoms with Crippen LogP contribution in [0.5, 0.6) is 0 Å². The molecule has 0 aliphatic heterocycles. The van der Waals surface area contributed by atoms with Crippen molar-refractivity contribution in [2.45, 2.75) is 19.8 Å². The Morgan fingerprint density at radius 1 is 1.13 bits per heavy atom. The molecular formula is C11H13F3O. The van der Waals surface area contributed by atoms with E-state index in [-0.39, 0.29) is 24.0 Å². The quantitative estimate of drug-likeness (QED) is 0.773. The van der Waals surface area contributed by atoms with Gasteiger partial charge in [0.05, 0.1) is 6.61 Å². The number of benzene rings is 1. The van der Waals surface area contributed by atoms with Gasteiger partial charge in [-0.25, -0.2) is 13.2 Å². The molecule has 84 valence electrons. The van der Waals surface area contributed by atoms with Crippen molar-refractivity contribution in [2.24, 2.45) is 5.92 Å². The summed E-state index contributed by atoms with van der Waals surface area (Å²) in [6.45, 7) is 3.42. The van der Waals surface area contributed by atoms with Crippen LogP contribution in [0, 0.1) is 23.4 Å². The lowest BCUT2D eigenvalue weighted by atomic mass is 9.89. The van der Waals surface area contributed by atoms with Gasteiger partial charge in [-0.05, 0) is 23.6 Å². The van der Waals surface area contributed by atoms with E-state index in [1.165, 1.54) is 0 Å². The summed E-state index contributed by atoms with van der Waals surface area (Å²) in [5.41, 5.74) is 0.281. The summed E-state index contributed by atoms with van der Waals surface area (Å²) in [6, 6.07) is 1.86. The fourth-order valence-electron chi connectivity index (χ4n) is 1.49. The van der Waals surface area contributed by atoms with Crippen LogP contribution in [0.1, 0.15) is 25.3 Å². The van der Waals surface area contributed by atoms with Crippen LogP contribution in [-0.2, 0) is 0 Å². The highest BCUT2D eigenvalue weighted by Gasteiger charge is 2.19. The van der Waals surface area contributed by atoms with Crippen molar-refractivity contribution >= 4 is 0 Å². The molecule has 0 amide bonds. The number of hydrogen-bond acceptors (Lipinski definition) is 1. The molecule has 0 spiro atoms. The smallest absolute Gasteiger partial charge is 0.194 e. The fraction of sp³-hybridized carbons (Fsp3) is 0.455. The Morgan fingerprint density at radius 3 is 1.93 bits per heavy atom. The van der Waals surface area contributed by atoms with E-state index in [1.807, 2.05) is 13.8 Å². The molecule has 1 rings (SSSR count). The molecule has 0 saturated heterocycles. The zero-order valence-corrected chi connectivity index (χ0v) is 8.60. The molecule has 1 nitrogen and oxygen atoms in total. The highest BCUT2D eigenvalue weighted by atomic mass is 19.2. The fourth-order valence-corrected chi connectivity index (χ4v) is 1.49. The molecule has 1 unspecified atom stereocenters. The lowest BCUT2D eigenvalue weighted by Crippen LogP contribution is -2.12. The second-order valence-corrected chi connectivity index (χ2v) is 3.83. The van der Waals surface area contributed by atoms with Gasteiger partial charge < -0.3 is 5.11 Å². The van der Waals surface area contributed by atoms with Crippen molar-refractivity contribution < 1.29 is 18.3 Å². The molecule has 0 heterocycles. The van der Waals surface area contributed by atoms with Gasteiger partial charge in [-0.15, -0.1) is 0 Å². The van der Waals surface area contributed by atoms with E-state index in [4.69, 9.17) is 5.11 Å². The topological polar surface area (TPSA) is 20.2 Å². The van der Waals surface area contributed by atoms with Crippen molar-refractivity contribution in [3.8, 4) is 0 Å². The van der Waals surface area contributed by atoms with Gasteiger partial charge in [0.2, 0.25) is 0 Å². The first kappa shape index (κ1) is 12.0. The maximum absolute atomic E-state index is 12.9. The Bertz CT molecular complexity index is 327. The standard InChI is InChI=1S/C11H13F3O/c1-6(2)8(5-15)7-3-9(12)11(14)10(13)4-7/h3-4,6,8,15H,5H2,1-2H3. The van der Waals surface area contributed by atoms with Gasteiger partial charge in [0.25, 0.3) is 0 Å². The van der Waals surface area contributed by atoms with Crippen molar-refractivity contribution in [1.82, 2.24) is 0 Å². The van der Waals surface area contributed by atoms with Crippen LogP contribution in [0.3, 0.4) is 0 Å². The summed E-state index contributed by atoms with van der Waals surface area (Å²) in [5.74, 6) is -4.26. The van der Waals surface area contributed by atoms with Crippen molar-refractivity contribution in [2.75, 3.05) is 6.61 Å². The third kappa shape index (κ3) is 2.50. The first-order chi connectivity index (χ1) is 6.97. The van der Waals surface area contributed by atoms with Crippen LogP contribution < -0.4 is 0 Å². The van der Waals surface area contributed by atoms with Crippen molar-refractivity contribution in [1.29, 1.82) is 0 Å². The lowest BCUT2D eigenvalue weighted by molar-refractivity contribution is 0.236. The summed E-state index contributed by atoms with van der Waals surface area (Å²) in [5, 5.41) is 9.06. The Labute approximate surface area is 86.5 Å². The van der Waals surface area contributed by atoms with Crippen molar-refractivity contribution in [3.05, 3.63) is 35.1 Å². The Morgan fingerprint density at radius 2 is 1.60 bits per heavy atom. The number of rotatable bonds is 3. The van der Waals surface area contributed by atoms with Gasteiger partial charge in [0, 0.05) is 5.92 Å². The summed E-state index contributed by atoms with van der Waals surface area (Å²) in [4.78, 5) is 0. The molecule has 0 fully saturated rings. The first-order valence-electron chi connectivity index (χ1n) is 4.72. The van der Waals surface area contributed by atoms with E-state index in [1.54, 1.807) is 0 Å². The number of halogens is 3. The molecule has 0 aliphatic rings. The zero-order chi connectivity index (χ0) is 11.6. The molecule has 0 aliphatic carbocycles. The summed E-state index contributed by atoms with van der Waals surface area (Å²) in [7, 11) is 0. The van der Waals surface area contributed by atoms with Crippen LogP contribution in [0.25, 0.3) is 0 Å². The monoisotopic (exact) mass is 218 g/mol. The van der Waals surface area contributed by atoms with Gasteiger partial charge in [-0.3, -0.25) is 0 Å². The zero-order valence-electron chi connectivity index (χ0n) is 8.60. The summed E-state index contributed by atoms with van der Waals surface area (Å²) in [6.07, 6.45) is 0. The average Bonchev–Trinajstić information content (AvgIpc) is 2.14. The first-order valence-corrected chi connectivity index (χ1v) is 4.72. The molecule has 15 heavy (non-hydrogen) atoms. The minimum atomic E-state index is -1.47. The van der Waals surface area contributed by atoms with Gasteiger partial charge >= 0.3 is 0 Å². The molecule has 1 atom stereocenters. The van der Waals surface area contributed by atoms with Gasteiger partial charge in [0.15, 0.2) is 17.5 Å². The highest BCUT2D eigenvalue weighted by Crippen LogP contribution is 2.26. The van der Waals surface area contributed by atoms with Gasteiger partial charge in [0.1, 0.15) is 0 Å². The number of aliphatic hydroxyl groups excluding tert-OH is 1. The number of aliphatic hydroxyl groups is 1. The van der Waals surface area contributed by atoms with E-state index in [9.17, 15) is 13.2 Å². The maximum Gasteiger partial charge on any atom is 0.194 e. The number of hydrogen-bond donors (Lipinski definition) is 1. The second-order valence-electron chi connectivity index (χ2n) is 3.83. The maximum atomic E-state index is 12.9. The second kappa shape index (κ2) is 4.66. The predicted octanol–water partition coefficient (Wildman–Crippen LogP) is 2.84. The minimum absolute atomic E-state index is 0.0271. The molecule has 1 aromatic rings. The normalized spacial score (nSPS) is 13.3. The van der Waals surface area contributed by atoms with E-state index >= 15 is 0 Å². The van der Waals surface area contributed by atoms with Gasteiger partial charge in [-0.1, -0.05) is 13.8 Å². The lowest BCUT2D eigenvalue weighted by Gasteiger charge is -2.18. The molecular weight excluding hydrogens is 205 g/mol. The third-order valence-electron chi connectivity index (χ3n) is 2.44. The molecule has 0 saturated carbocycles. The molecule has 1 aromatic carbocycles. The molecule has 0 aromatic heterocycles. The van der Waals surface area contributed by atoms with E-state index in [0.29, 0.717) is 0 Å². The van der Waals surface area contributed by atoms with Crippen molar-refractivity contribution in [3.63, 3.8) is 0 Å². The Hall–Kier alpha value is -1.03. The average molecular weight is 218 g/mol. The Kier molecular flexibility index (Phi) is 3.74. The molecule has 1 N–H and O–H groups in total. The van der Waals surface area contributed by atoms with E-state index in [2.05, 4.69) is 0 Å². The van der Waals surface area contributed by atoms with Crippen LogP contribution in [0.15, 0.2) is 12.1 Å². The largest absolute Gasteiger partial charge is 0.396 e. The highest BCUT2D eigenvalue weighted by molar-refractivity contribution is 5.23. The minimum Gasteiger partial charge on any atom is -0.396 e. The SMILES string of the molecule is CC(C)C(CO)c1cc(F)c(F)c(F)c1. The van der Waals surface area contributed by atoms with Crippen LogP contribution in [0.2, 0.25) is 0 Å².